The maximum atomic E-state index is 4.55. The van der Waals surface area contributed by atoms with Crippen molar-refractivity contribution in [2.75, 3.05) is 7.05 Å². The highest BCUT2D eigenvalue weighted by molar-refractivity contribution is 5.80. The molecule has 0 saturated heterocycles. The Morgan fingerprint density at radius 3 is 3.09 bits per heavy atom. The Balaban J connectivity index is 1.66. The number of hydrogen-bond donors (Lipinski definition) is 2. The number of aliphatic imine (C=N–C) groups is 1. The Bertz CT molecular complexity index is 704. The summed E-state index contributed by atoms with van der Waals surface area (Å²) < 4.78 is 1.99. The Kier molecular flexibility index (Phi) is 4.55. The molecule has 3 heterocycles. The molecule has 0 aromatic carbocycles. The van der Waals surface area contributed by atoms with Gasteiger partial charge >= 0.3 is 0 Å². The van der Waals surface area contributed by atoms with E-state index < -0.39 is 0 Å². The third kappa shape index (κ3) is 3.49. The van der Waals surface area contributed by atoms with Crippen molar-refractivity contribution in [2.24, 2.45) is 4.99 Å². The van der Waals surface area contributed by atoms with Crippen LogP contribution in [0.1, 0.15) is 41.8 Å². The van der Waals surface area contributed by atoms with Gasteiger partial charge in [-0.25, -0.2) is 9.67 Å². The predicted octanol–water partition coefficient (Wildman–Crippen LogP) is 1.49. The van der Waals surface area contributed by atoms with Gasteiger partial charge in [0, 0.05) is 19.8 Å². The molecule has 1 aliphatic rings. The zero-order valence-corrected chi connectivity index (χ0v) is 13.9. The second-order valence-electron chi connectivity index (χ2n) is 5.77. The monoisotopic (exact) mass is 313 g/mol. The molecule has 1 unspecified atom stereocenters. The lowest BCUT2D eigenvalue weighted by atomic mass is 10.1. The first kappa shape index (κ1) is 15.5. The summed E-state index contributed by atoms with van der Waals surface area (Å²) in [4.78, 5) is 13.3. The first-order valence-corrected chi connectivity index (χ1v) is 7.96. The Labute approximate surface area is 136 Å². The molecule has 1 aliphatic heterocycles. The largest absolute Gasteiger partial charge is 0.351 e. The molecule has 7 heteroatoms. The van der Waals surface area contributed by atoms with Crippen molar-refractivity contribution in [1.82, 2.24) is 30.4 Å². The molecule has 2 N–H and O–H groups in total. The summed E-state index contributed by atoms with van der Waals surface area (Å²) in [6, 6.07) is 4.15. The van der Waals surface area contributed by atoms with Crippen LogP contribution < -0.4 is 10.6 Å². The Morgan fingerprint density at radius 2 is 2.30 bits per heavy atom. The molecule has 1 atom stereocenters. The van der Waals surface area contributed by atoms with Crippen molar-refractivity contribution >= 4 is 5.96 Å². The molecule has 0 spiro atoms. The lowest BCUT2D eigenvalue weighted by Crippen LogP contribution is -2.41. The standard InChI is InChI=1S/C16H23N7/c1-11-6-4-8-18-14(11)10-19-16(17-3)21-13-7-5-9-23-15(13)20-12(2)22-23/h4,6,8,13H,5,7,9-10H2,1-3H3,(H2,17,19,21). The van der Waals surface area contributed by atoms with Gasteiger partial charge in [-0.15, -0.1) is 0 Å². The van der Waals surface area contributed by atoms with Gasteiger partial charge in [-0.3, -0.25) is 9.98 Å². The zero-order valence-electron chi connectivity index (χ0n) is 13.9. The Morgan fingerprint density at radius 1 is 1.43 bits per heavy atom. The van der Waals surface area contributed by atoms with E-state index in [4.69, 9.17) is 0 Å². The number of guanidine groups is 1. The quantitative estimate of drug-likeness (QED) is 0.663. The van der Waals surface area contributed by atoms with Crippen LogP contribution >= 0.6 is 0 Å². The van der Waals surface area contributed by atoms with Gasteiger partial charge in [-0.2, -0.15) is 5.10 Å². The molecular weight excluding hydrogens is 290 g/mol. The maximum absolute atomic E-state index is 4.55. The maximum Gasteiger partial charge on any atom is 0.191 e. The van der Waals surface area contributed by atoms with Crippen molar-refractivity contribution in [3.8, 4) is 0 Å². The second-order valence-corrected chi connectivity index (χ2v) is 5.77. The smallest absolute Gasteiger partial charge is 0.191 e. The molecular formula is C16H23N7. The van der Waals surface area contributed by atoms with E-state index in [1.54, 1.807) is 7.05 Å². The number of fused-ring (bicyclic) bond motifs is 1. The summed E-state index contributed by atoms with van der Waals surface area (Å²) in [6.07, 6.45) is 3.93. The minimum absolute atomic E-state index is 0.140. The van der Waals surface area contributed by atoms with Crippen molar-refractivity contribution in [2.45, 2.75) is 45.8 Å². The van der Waals surface area contributed by atoms with Crippen molar-refractivity contribution in [3.05, 3.63) is 41.2 Å². The average molecular weight is 313 g/mol. The summed E-state index contributed by atoms with van der Waals surface area (Å²) in [5.74, 6) is 2.57. The molecule has 0 radical (unpaired) electrons. The summed E-state index contributed by atoms with van der Waals surface area (Å²) >= 11 is 0. The van der Waals surface area contributed by atoms with E-state index >= 15 is 0 Å². The normalized spacial score (nSPS) is 17.7. The summed E-state index contributed by atoms with van der Waals surface area (Å²) in [6.45, 7) is 5.57. The van der Waals surface area contributed by atoms with Gasteiger partial charge in [0.2, 0.25) is 0 Å². The molecule has 0 bridgehead atoms. The van der Waals surface area contributed by atoms with Crippen molar-refractivity contribution in [3.63, 3.8) is 0 Å². The first-order chi connectivity index (χ1) is 11.2. The van der Waals surface area contributed by atoms with Gasteiger partial charge in [0.25, 0.3) is 0 Å². The predicted molar refractivity (Wildman–Crippen MR) is 89.0 cm³/mol. The lowest BCUT2D eigenvalue weighted by molar-refractivity contribution is 0.397. The molecule has 0 saturated carbocycles. The lowest BCUT2D eigenvalue weighted by Gasteiger charge is -2.25. The summed E-state index contributed by atoms with van der Waals surface area (Å²) in [5.41, 5.74) is 2.20. The van der Waals surface area contributed by atoms with E-state index in [2.05, 4.69) is 43.7 Å². The van der Waals surface area contributed by atoms with Gasteiger partial charge in [0.15, 0.2) is 5.96 Å². The van der Waals surface area contributed by atoms with Crippen LogP contribution in [0, 0.1) is 13.8 Å². The SMILES string of the molecule is CN=C(NCc1ncccc1C)NC1CCCn2nc(C)nc21. The van der Waals surface area contributed by atoms with Gasteiger partial charge < -0.3 is 10.6 Å². The van der Waals surface area contributed by atoms with Crippen LogP contribution in [0.25, 0.3) is 0 Å². The van der Waals surface area contributed by atoms with Crippen molar-refractivity contribution < 1.29 is 0 Å². The van der Waals surface area contributed by atoms with Crippen LogP contribution in [0.2, 0.25) is 0 Å². The van der Waals surface area contributed by atoms with Gasteiger partial charge in [0.05, 0.1) is 18.3 Å². The molecule has 122 valence electrons. The van der Waals surface area contributed by atoms with Crippen LogP contribution in [-0.2, 0) is 13.1 Å². The fourth-order valence-corrected chi connectivity index (χ4v) is 2.84. The number of aromatic nitrogens is 4. The van der Waals surface area contributed by atoms with Crippen LogP contribution in [0.3, 0.4) is 0 Å². The zero-order chi connectivity index (χ0) is 16.2. The highest BCUT2D eigenvalue weighted by atomic mass is 15.4. The highest BCUT2D eigenvalue weighted by Gasteiger charge is 2.24. The molecule has 23 heavy (non-hydrogen) atoms. The number of rotatable bonds is 3. The molecule has 2 aromatic rings. The number of hydrogen-bond acceptors (Lipinski definition) is 4. The number of nitrogens with zero attached hydrogens (tertiary/aromatic N) is 5. The molecule has 2 aromatic heterocycles. The fourth-order valence-electron chi connectivity index (χ4n) is 2.84. The van der Waals surface area contributed by atoms with Crippen LogP contribution in [0.15, 0.2) is 23.3 Å². The second kappa shape index (κ2) is 6.76. The molecule has 7 nitrogen and oxygen atoms in total. The average Bonchev–Trinajstić information content (AvgIpc) is 2.94. The number of aryl methyl sites for hydroxylation is 3. The van der Waals surface area contributed by atoms with Gasteiger partial charge in [-0.1, -0.05) is 6.07 Å². The Hall–Kier alpha value is -2.44. The molecule has 0 fully saturated rings. The molecule has 0 aliphatic carbocycles. The molecule has 0 amide bonds. The van der Waals surface area contributed by atoms with Crippen LogP contribution in [-0.4, -0.2) is 32.8 Å². The summed E-state index contributed by atoms with van der Waals surface area (Å²) in [7, 11) is 1.78. The van der Waals surface area contributed by atoms with E-state index in [1.165, 1.54) is 5.56 Å². The highest BCUT2D eigenvalue weighted by Crippen LogP contribution is 2.22. The topological polar surface area (TPSA) is 80.0 Å². The number of pyridine rings is 1. The minimum Gasteiger partial charge on any atom is -0.351 e. The van der Waals surface area contributed by atoms with Gasteiger partial charge in [0.1, 0.15) is 11.6 Å². The third-order valence-corrected chi connectivity index (χ3v) is 4.06. The van der Waals surface area contributed by atoms with E-state index in [0.717, 1.165) is 42.7 Å². The van der Waals surface area contributed by atoms with E-state index in [9.17, 15) is 0 Å². The first-order valence-electron chi connectivity index (χ1n) is 7.96. The summed E-state index contributed by atoms with van der Waals surface area (Å²) in [5, 5.41) is 11.2. The third-order valence-electron chi connectivity index (χ3n) is 4.06. The van der Waals surface area contributed by atoms with E-state index in [0.29, 0.717) is 6.54 Å². The fraction of sp³-hybridized carbons (Fsp3) is 0.500. The molecule has 3 rings (SSSR count). The van der Waals surface area contributed by atoms with Gasteiger partial charge in [-0.05, 0) is 38.3 Å². The van der Waals surface area contributed by atoms with Crippen molar-refractivity contribution in [1.29, 1.82) is 0 Å². The van der Waals surface area contributed by atoms with Crippen LogP contribution in [0.4, 0.5) is 0 Å². The number of nitrogens with one attached hydrogen (secondary N) is 2. The van der Waals surface area contributed by atoms with Crippen LogP contribution in [0.5, 0.6) is 0 Å². The van der Waals surface area contributed by atoms with E-state index in [-0.39, 0.29) is 6.04 Å². The minimum atomic E-state index is 0.140. The van der Waals surface area contributed by atoms with E-state index in [1.807, 2.05) is 23.9 Å².